The number of ether oxygens (including phenoxy) is 1. The Morgan fingerprint density at radius 1 is 1.50 bits per heavy atom. The Bertz CT molecular complexity index is 769. The number of hydrogen-bond acceptors (Lipinski definition) is 4. The van der Waals surface area contributed by atoms with Crippen molar-refractivity contribution in [2.24, 2.45) is 0 Å². The van der Waals surface area contributed by atoms with Gasteiger partial charge in [0.2, 0.25) is 0 Å². The lowest BCUT2D eigenvalue weighted by atomic mass is 10.2. The summed E-state index contributed by atoms with van der Waals surface area (Å²) < 4.78 is 6.86. The van der Waals surface area contributed by atoms with Gasteiger partial charge in [0.15, 0.2) is 0 Å². The maximum atomic E-state index is 11.6. The normalized spacial score (nSPS) is 11.0. The van der Waals surface area contributed by atoms with Crippen molar-refractivity contribution in [3.05, 3.63) is 41.2 Å². The van der Waals surface area contributed by atoms with Crippen LogP contribution in [0, 0.1) is 18.3 Å². The first kappa shape index (κ1) is 16.2. The molecule has 0 amide bonds. The third-order valence-corrected chi connectivity index (χ3v) is 4.14. The fraction of sp³-hybridized carbons (Fsp3) is 0.294. The maximum absolute atomic E-state index is 11.6. The molecule has 0 aliphatic heterocycles. The van der Waals surface area contributed by atoms with E-state index < -0.39 is 0 Å². The summed E-state index contributed by atoms with van der Waals surface area (Å²) in [6, 6.07) is 6.26. The molecule has 0 saturated carbocycles. The summed E-state index contributed by atoms with van der Waals surface area (Å²) >= 11 is 1.60. The summed E-state index contributed by atoms with van der Waals surface area (Å²) in [5.74, 6) is 0.473. The first-order valence-corrected chi connectivity index (χ1v) is 8.13. The van der Waals surface area contributed by atoms with Gasteiger partial charge >= 0.3 is 5.97 Å². The third-order valence-electron chi connectivity index (χ3n) is 3.15. The number of carbonyl (C=O) groups is 1. The lowest BCUT2D eigenvalue weighted by Crippen LogP contribution is -1.99. The van der Waals surface area contributed by atoms with Gasteiger partial charge in [-0.15, -0.1) is 11.8 Å². The van der Waals surface area contributed by atoms with Crippen molar-refractivity contribution in [1.82, 2.24) is 4.40 Å². The molecular weight excluding hydrogens is 296 g/mol. The Balaban J connectivity index is 2.62. The zero-order chi connectivity index (χ0) is 16.1. The molecule has 0 aromatic carbocycles. The van der Waals surface area contributed by atoms with E-state index in [0.29, 0.717) is 12.2 Å². The number of aryl methyl sites for hydroxylation is 1. The van der Waals surface area contributed by atoms with E-state index >= 15 is 0 Å². The van der Waals surface area contributed by atoms with E-state index in [1.165, 1.54) is 6.08 Å². The predicted octanol–water partition coefficient (Wildman–Crippen LogP) is 3.81. The summed E-state index contributed by atoms with van der Waals surface area (Å²) in [4.78, 5) is 12.5. The Labute approximate surface area is 134 Å². The molecule has 0 fully saturated rings. The van der Waals surface area contributed by atoms with Crippen LogP contribution in [-0.4, -0.2) is 22.7 Å². The summed E-state index contributed by atoms with van der Waals surface area (Å²) in [5, 5.41) is 9.52. The fourth-order valence-corrected chi connectivity index (χ4v) is 3.15. The number of fused-ring (bicyclic) bond motifs is 1. The van der Waals surface area contributed by atoms with Crippen LogP contribution >= 0.6 is 11.8 Å². The maximum Gasteiger partial charge on any atom is 0.330 e. The number of pyridine rings is 1. The van der Waals surface area contributed by atoms with E-state index in [2.05, 4.69) is 6.07 Å². The smallest absolute Gasteiger partial charge is 0.330 e. The van der Waals surface area contributed by atoms with Crippen LogP contribution < -0.4 is 0 Å². The molecule has 5 heteroatoms. The molecule has 0 bridgehead atoms. The highest BCUT2D eigenvalue weighted by Gasteiger charge is 2.16. The number of esters is 1. The van der Waals surface area contributed by atoms with Gasteiger partial charge in [-0.3, -0.25) is 0 Å². The molecule has 4 nitrogen and oxygen atoms in total. The van der Waals surface area contributed by atoms with Crippen LogP contribution in [0.3, 0.4) is 0 Å². The molecule has 2 rings (SSSR count). The van der Waals surface area contributed by atoms with Crippen LogP contribution in [-0.2, 0) is 9.53 Å². The van der Waals surface area contributed by atoms with Crippen LogP contribution in [0.2, 0.25) is 0 Å². The summed E-state index contributed by atoms with van der Waals surface area (Å²) in [5.41, 5.74) is 3.45. The SMILES string of the molecule is CCOC(=O)/C=C/c1c(SCC)c(C#N)c2cc(C)ccn12. The topological polar surface area (TPSA) is 54.5 Å². The average molecular weight is 314 g/mol. The number of rotatable bonds is 5. The van der Waals surface area contributed by atoms with Crippen molar-refractivity contribution < 1.29 is 9.53 Å². The zero-order valence-corrected chi connectivity index (χ0v) is 13.7. The highest BCUT2D eigenvalue weighted by atomic mass is 32.2. The molecule has 0 aliphatic carbocycles. The minimum atomic E-state index is -0.379. The minimum absolute atomic E-state index is 0.345. The molecule has 0 atom stereocenters. The van der Waals surface area contributed by atoms with Gasteiger partial charge < -0.3 is 9.14 Å². The Kier molecular flexibility index (Phi) is 5.29. The second kappa shape index (κ2) is 7.19. The summed E-state index contributed by atoms with van der Waals surface area (Å²) in [7, 11) is 0. The number of carbonyl (C=O) groups excluding carboxylic acids is 1. The second-order valence-corrected chi connectivity index (χ2v) is 5.95. The van der Waals surface area contributed by atoms with Crippen LogP contribution in [0.1, 0.15) is 30.7 Å². The van der Waals surface area contributed by atoms with E-state index in [4.69, 9.17) is 4.74 Å². The van der Waals surface area contributed by atoms with Gasteiger partial charge in [0.1, 0.15) is 6.07 Å². The molecule has 0 radical (unpaired) electrons. The zero-order valence-electron chi connectivity index (χ0n) is 12.9. The molecule has 0 saturated heterocycles. The monoisotopic (exact) mass is 314 g/mol. The second-order valence-electron chi connectivity index (χ2n) is 4.68. The third kappa shape index (κ3) is 3.18. The van der Waals surface area contributed by atoms with Crippen molar-refractivity contribution in [3.8, 4) is 6.07 Å². The molecule has 0 aliphatic rings. The first-order chi connectivity index (χ1) is 10.6. The Morgan fingerprint density at radius 3 is 2.91 bits per heavy atom. The fourth-order valence-electron chi connectivity index (χ4n) is 2.25. The largest absolute Gasteiger partial charge is 0.463 e. The molecule has 0 unspecified atom stereocenters. The number of nitrogens with zero attached hydrogens (tertiary/aromatic N) is 2. The van der Waals surface area contributed by atoms with Crippen LogP contribution in [0.5, 0.6) is 0 Å². The van der Waals surface area contributed by atoms with E-state index in [1.54, 1.807) is 24.8 Å². The highest BCUT2D eigenvalue weighted by molar-refractivity contribution is 7.99. The van der Waals surface area contributed by atoms with Crippen LogP contribution in [0.15, 0.2) is 29.3 Å². The molecule has 2 aromatic rings. The summed E-state index contributed by atoms with van der Waals surface area (Å²) in [6.07, 6.45) is 5.06. The van der Waals surface area contributed by atoms with Crippen LogP contribution in [0.25, 0.3) is 11.6 Å². The summed E-state index contributed by atoms with van der Waals surface area (Å²) in [6.45, 7) is 6.15. The minimum Gasteiger partial charge on any atom is -0.463 e. The van der Waals surface area contributed by atoms with Gasteiger partial charge in [0.05, 0.1) is 28.3 Å². The first-order valence-electron chi connectivity index (χ1n) is 7.14. The predicted molar refractivity (Wildman–Crippen MR) is 88.9 cm³/mol. The van der Waals surface area contributed by atoms with Gasteiger partial charge in [0.25, 0.3) is 0 Å². The van der Waals surface area contributed by atoms with E-state index in [9.17, 15) is 10.1 Å². The molecule has 2 heterocycles. The van der Waals surface area contributed by atoms with E-state index in [-0.39, 0.29) is 5.97 Å². The van der Waals surface area contributed by atoms with Gasteiger partial charge in [-0.05, 0) is 43.4 Å². The molecule has 22 heavy (non-hydrogen) atoms. The average Bonchev–Trinajstić information content (AvgIpc) is 2.78. The van der Waals surface area contributed by atoms with Crippen LogP contribution in [0.4, 0.5) is 0 Å². The molecule has 2 aromatic heterocycles. The quantitative estimate of drug-likeness (QED) is 0.478. The lowest BCUT2D eigenvalue weighted by molar-refractivity contribution is -0.137. The number of nitriles is 1. The number of hydrogen-bond donors (Lipinski definition) is 0. The molecular formula is C17H18N2O2S. The van der Waals surface area contributed by atoms with Gasteiger partial charge in [-0.25, -0.2) is 4.79 Å². The van der Waals surface area contributed by atoms with Gasteiger partial charge in [-0.2, -0.15) is 5.26 Å². The van der Waals surface area contributed by atoms with Gasteiger partial charge in [-0.1, -0.05) is 6.92 Å². The highest BCUT2D eigenvalue weighted by Crippen LogP contribution is 2.33. The van der Waals surface area contributed by atoms with Crippen molar-refractivity contribution in [3.63, 3.8) is 0 Å². The lowest BCUT2D eigenvalue weighted by Gasteiger charge is -2.01. The number of aromatic nitrogens is 1. The van der Waals surface area contributed by atoms with E-state index in [0.717, 1.165) is 27.4 Å². The van der Waals surface area contributed by atoms with Crippen molar-refractivity contribution in [2.75, 3.05) is 12.4 Å². The Hall–Kier alpha value is -2.19. The molecule has 0 spiro atoms. The molecule has 114 valence electrons. The van der Waals surface area contributed by atoms with Crippen molar-refractivity contribution >= 4 is 29.3 Å². The Morgan fingerprint density at radius 2 is 2.27 bits per heavy atom. The van der Waals surface area contributed by atoms with E-state index in [1.807, 2.05) is 36.6 Å². The number of thioether (sulfide) groups is 1. The van der Waals surface area contributed by atoms with Gasteiger partial charge in [0, 0.05) is 12.3 Å². The van der Waals surface area contributed by atoms with Crippen molar-refractivity contribution in [1.29, 1.82) is 5.26 Å². The molecule has 0 N–H and O–H groups in total. The van der Waals surface area contributed by atoms with Crippen molar-refractivity contribution in [2.45, 2.75) is 25.7 Å². The standard InChI is InChI=1S/C17H18N2O2S/c1-4-21-16(20)7-6-14-17(22-5-2)13(11-18)15-10-12(3)8-9-19(14)15/h6-10H,4-5H2,1-3H3/b7-6+.